The summed E-state index contributed by atoms with van der Waals surface area (Å²) in [4.78, 5) is 83.3. The van der Waals surface area contributed by atoms with Gasteiger partial charge in [-0.1, -0.05) is 56.6 Å². The number of carboxylic acids is 1. The number of thiazole rings is 1. The van der Waals surface area contributed by atoms with Gasteiger partial charge >= 0.3 is 5.97 Å². The molecule has 6 heterocycles. The average Bonchev–Trinajstić information content (AvgIpc) is 1.56. The highest BCUT2D eigenvalue weighted by atomic mass is 32.1. The Morgan fingerprint density at radius 1 is 0.926 bits per heavy atom. The Labute approximate surface area is 475 Å². The van der Waals surface area contributed by atoms with Crippen LogP contribution < -0.4 is 26.0 Å². The number of piperidine rings is 1. The maximum atomic E-state index is 13.2. The number of amides is 4. The minimum absolute atomic E-state index is 0.0322. The van der Waals surface area contributed by atoms with Crippen LogP contribution in [-0.4, -0.2) is 128 Å². The lowest BCUT2D eigenvalue weighted by Gasteiger charge is -2.82. The van der Waals surface area contributed by atoms with Crippen LogP contribution in [0.25, 0.3) is 15.8 Å². The van der Waals surface area contributed by atoms with Crippen LogP contribution in [0, 0.1) is 28.6 Å². The lowest BCUT2D eigenvalue weighted by Crippen LogP contribution is -2.82. The number of imide groups is 2. The molecule has 1 saturated heterocycles. The maximum absolute atomic E-state index is 13.2. The van der Waals surface area contributed by atoms with E-state index >= 15 is 0 Å². The van der Waals surface area contributed by atoms with E-state index in [9.17, 15) is 29.1 Å². The van der Waals surface area contributed by atoms with Gasteiger partial charge in [-0.15, -0.1) is 10.2 Å². The number of anilines is 4. The number of likely N-dealkylation sites (N-methyl/N-ethyl adjacent to an activating group) is 1. The Kier molecular flexibility index (Phi) is 13.9. The molecule has 5 N–H and O–H groups in total. The topological polar surface area (TPSA) is 248 Å². The van der Waals surface area contributed by atoms with Crippen molar-refractivity contribution in [3.05, 3.63) is 94.3 Å². The van der Waals surface area contributed by atoms with Crippen LogP contribution in [0.3, 0.4) is 0 Å². The number of hydrogen-bond acceptors (Lipinski definition) is 17. The molecule has 3 aliphatic heterocycles. The molecule has 12 rings (SSSR count). The van der Waals surface area contributed by atoms with Gasteiger partial charge in [-0.2, -0.15) is 0 Å². The molecular formula is C61H71N11O8S. The van der Waals surface area contributed by atoms with Crippen LogP contribution in [0.4, 0.5) is 22.6 Å². The van der Waals surface area contributed by atoms with Gasteiger partial charge in [0, 0.05) is 65.6 Å². The van der Waals surface area contributed by atoms with E-state index in [2.05, 4.69) is 46.6 Å². The van der Waals surface area contributed by atoms with Gasteiger partial charge in [-0.05, 0) is 150 Å². The molecule has 5 aromatic rings. The van der Waals surface area contributed by atoms with Gasteiger partial charge < -0.3 is 35.4 Å². The summed E-state index contributed by atoms with van der Waals surface area (Å²) in [5.74, 6) is -0.957. The molecule has 4 aliphatic carbocycles. The Morgan fingerprint density at radius 2 is 1.69 bits per heavy atom. The highest BCUT2D eigenvalue weighted by Crippen LogP contribution is 2.95. The number of unbranched alkanes of at least 4 members (excludes halogenated alkanes) is 4. The Morgan fingerprint density at radius 3 is 2.46 bits per heavy atom. The number of carboxylic acid groups (broad SMARTS) is 1. The summed E-state index contributed by atoms with van der Waals surface area (Å²) in [7, 11) is 2.18. The number of allylic oxidation sites excluding steroid dienone is 1. The highest BCUT2D eigenvalue weighted by Gasteiger charge is 2.93. The van der Waals surface area contributed by atoms with E-state index in [4.69, 9.17) is 30.2 Å². The second-order valence-corrected chi connectivity index (χ2v) is 25.6. The van der Waals surface area contributed by atoms with Gasteiger partial charge in [0.05, 0.1) is 40.2 Å². The van der Waals surface area contributed by atoms with E-state index < -0.39 is 35.6 Å². The fraction of sp³-hybridized carbons (Fsp3) is 0.508. The molecule has 3 unspecified atom stereocenters. The number of nitrogens with one attached hydrogen (secondary N) is 2. The molecule has 3 atom stereocenters. The zero-order chi connectivity index (χ0) is 56.6. The molecule has 3 aromatic heterocycles. The Hall–Kier alpha value is -7.16. The molecule has 4 amide bonds. The summed E-state index contributed by atoms with van der Waals surface area (Å²) < 4.78 is 14.1. The molecule has 2 aromatic carbocycles. The summed E-state index contributed by atoms with van der Waals surface area (Å²) >= 11 is 1.56. The molecule has 19 nitrogen and oxygen atoms in total. The number of aliphatic imine (C=N–C) groups is 1. The third-order valence-electron chi connectivity index (χ3n) is 19.3. The first kappa shape index (κ1) is 54.4. The first-order valence-electron chi connectivity index (χ1n) is 28.7. The van der Waals surface area contributed by atoms with Crippen molar-refractivity contribution in [3.8, 4) is 5.75 Å². The fourth-order valence-corrected chi connectivity index (χ4v) is 17.2. The van der Waals surface area contributed by atoms with Gasteiger partial charge in [0.25, 0.3) is 11.8 Å². The average molecular weight is 1120 g/mol. The third-order valence-corrected chi connectivity index (χ3v) is 20.3. The number of aromatic nitrogens is 4. The molecule has 7 aliphatic rings. The molecule has 424 valence electrons. The summed E-state index contributed by atoms with van der Waals surface area (Å²) in [6, 6.07) is 15.5. The van der Waals surface area contributed by atoms with E-state index in [0.29, 0.717) is 66.4 Å². The van der Waals surface area contributed by atoms with Gasteiger partial charge in [0.15, 0.2) is 22.5 Å². The predicted octanol–water partition coefficient (Wildman–Crippen LogP) is 9.18. The number of fused-ring (bicyclic) bond motifs is 4. The van der Waals surface area contributed by atoms with Crippen LogP contribution in [0.5, 0.6) is 5.75 Å². The van der Waals surface area contributed by atoms with Gasteiger partial charge in [0.2, 0.25) is 11.8 Å². The highest BCUT2D eigenvalue weighted by molar-refractivity contribution is 7.22. The molecule has 0 radical (unpaired) electrons. The van der Waals surface area contributed by atoms with Crippen molar-refractivity contribution < 1.29 is 38.6 Å². The van der Waals surface area contributed by atoms with Crippen LogP contribution in [0.1, 0.15) is 152 Å². The zero-order valence-electron chi connectivity index (χ0n) is 46.9. The van der Waals surface area contributed by atoms with E-state index in [1.165, 1.54) is 6.20 Å². The lowest BCUT2D eigenvalue weighted by molar-refractivity contribution is -0.397. The SMILES string of the molecule is CC(=NCC12CC3(C)CC4(OCCN(C)CCCCCCCOc5ccc6c(c5)C(=O)N(C5CCC(=O)NC5=O)C6=O)CC(C)(C1)C34C2)/C(=C\N)c1ccc(N2CCCc3c2nnc(Nc2nc4ccccc4s2)c3C)nc1C(=O)O. The minimum Gasteiger partial charge on any atom is -0.494 e. The number of pyridine rings is 1. The molecule has 20 heteroatoms. The second-order valence-electron chi connectivity index (χ2n) is 24.5. The normalized spacial score (nSPS) is 27.3. The maximum Gasteiger partial charge on any atom is 0.355 e. The summed E-state index contributed by atoms with van der Waals surface area (Å²) in [5, 5.41) is 26.2. The van der Waals surface area contributed by atoms with E-state index in [0.717, 1.165) is 122 Å². The molecule has 4 saturated carbocycles. The smallest absolute Gasteiger partial charge is 0.355 e. The van der Waals surface area contributed by atoms with Crippen LogP contribution in [-0.2, 0) is 20.7 Å². The first-order chi connectivity index (χ1) is 38.9. The summed E-state index contributed by atoms with van der Waals surface area (Å²) in [5.41, 5.74) is 11.8. The van der Waals surface area contributed by atoms with Crippen molar-refractivity contribution in [1.82, 2.24) is 35.3 Å². The Bertz CT molecular complexity index is 3430. The number of para-hydroxylation sites is 1. The monoisotopic (exact) mass is 1120 g/mol. The number of rotatable bonds is 22. The van der Waals surface area contributed by atoms with Crippen molar-refractivity contribution in [2.45, 2.75) is 129 Å². The van der Waals surface area contributed by atoms with Gasteiger partial charge in [-0.25, -0.2) is 14.8 Å². The number of carbonyl (C=O) groups is 5. The number of carbonyl (C=O) groups excluding carboxylic acids is 4. The van der Waals surface area contributed by atoms with Crippen molar-refractivity contribution in [2.75, 3.05) is 56.7 Å². The van der Waals surface area contributed by atoms with Crippen molar-refractivity contribution in [1.29, 1.82) is 0 Å². The van der Waals surface area contributed by atoms with Crippen molar-refractivity contribution in [3.63, 3.8) is 0 Å². The third kappa shape index (κ3) is 9.06. The van der Waals surface area contributed by atoms with Crippen LogP contribution >= 0.6 is 11.3 Å². The number of ether oxygens (including phenoxy) is 2. The molecule has 2 bridgehead atoms. The number of nitrogens with two attached hydrogens (primary N) is 1. The summed E-state index contributed by atoms with van der Waals surface area (Å²) in [6.07, 6.45) is 13.9. The van der Waals surface area contributed by atoms with Gasteiger partial charge in [-0.3, -0.25) is 34.4 Å². The molecule has 81 heavy (non-hydrogen) atoms. The number of nitrogens with zero attached hydrogens (tertiary/aromatic N) is 8. The quantitative estimate of drug-likeness (QED) is 0.0286. The van der Waals surface area contributed by atoms with Crippen LogP contribution in [0.15, 0.2) is 65.8 Å². The number of benzene rings is 2. The second kappa shape index (κ2) is 20.7. The first-order valence-corrected chi connectivity index (χ1v) is 29.5. The number of aromatic carboxylic acids is 1. The van der Waals surface area contributed by atoms with Gasteiger partial charge in [0.1, 0.15) is 17.6 Å². The number of hydrogen-bond donors (Lipinski definition) is 4. The fourth-order valence-electron chi connectivity index (χ4n) is 16.3. The predicted molar refractivity (Wildman–Crippen MR) is 308 cm³/mol. The van der Waals surface area contributed by atoms with Crippen LogP contribution in [0.2, 0.25) is 0 Å². The standard InChI is InChI=1S/C61H71N11O8S/c1-36-39-14-13-24-71(51(39)69-68-50(36)67-56-64-44-15-9-10-16-46(44)81-56)47-21-19-40(49(65-47)55(77)78)43(29-62)37(2)63-35-59-30-57(3)32-60(33-58(4,31-59)61(57,60)34-59)80-27-25-70(5)23-11-7-6-8-12-26-79-38-17-18-41-42(28-38)54(76)72(53(41)75)45-20-22-48(73)66-52(45)74/h9-10,15-19,21,28-29,45H,6-8,11-14,20,22-27,30-35,62H2,1-5H3,(H,77,78)(H,64,67,68)(H,66,73,74)/b43-29+,63-37?. The molecule has 1 spiro atoms. The van der Waals surface area contributed by atoms with E-state index in [1.54, 1.807) is 35.6 Å². The minimum atomic E-state index is -1.15. The molecule has 5 fully saturated rings. The largest absolute Gasteiger partial charge is 0.494 e. The lowest BCUT2D eigenvalue weighted by atomic mass is 9.25. The van der Waals surface area contributed by atoms with E-state index in [1.807, 2.05) is 49.1 Å². The summed E-state index contributed by atoms with van der Waals surface area (Å²) in [6.45, 7) is 13.2. The van der Waals surface area contributed by atoms with Crippen molar-refractivity contribution in [2.24, 2.45) is 32.4 Å². The van der Waals surface area contributed by atoms with E-state index in [-0.39, 0.29) is 56.9 Å². The zero-order valence-corrected chi connectivity index (χ0v) is 47.7. The Balaban J connectivity index is 0.606. The molecular weight excluding hydrogens is 1050 g/mol. The van der Waals surface area contributed by atoms with Crippen molar-refractivity contribution >= 4 is 85.0 Å².